The number of rotatable bonds is 8. The molecule has 1 atom stereocenters. The normalized spacial score (nSPS) is 16.9. The van der Waals surface area contributed by atoms with Gasteiger partial charge in [-0.15, -0.1) is 0 Å². The van der Waals surface area contributed by atoms with Crippen molar-refractivity contribution in [2.75, 3.05) is 32.0 Å². The molecule has 0 spiro atoms. The lowest BCUT2D eigenvalue weighted by molar-refractivity contribution is -0.119. The van der Waals surface area contributed by atoms with Gasteiger partial charge in [0, 0.05) is 31.1 Å². The quantitative estimate of drug-likeness (QED) is 0.553. The Hall–Kier alpha value is -3.33. The minimum atomic E-state index is -0.519. The fourth-order valence-corrected chi connectivity index (χ4v) is 4.23. The molecule has 3 heterocycles. The van der Waals surface area contributed by atoms with Crippen LogP contribution in [-0.2, 0) is 11.3 Å². The number of hydrogen-bond acceptors (Lipinski definition) is 7. The SMILES string of the molecule is CCOc1cc(CN2CCC[C@H](c3cc(N)n4nc(C)cc4n3)C2)ccc1OCC(N)=O. The first-order valence-electron chi connectivity index (χ1n) is 10.9. The summed E-state index contributed by atoms with van der Waals surface area (Å²) in [4.78, 5) is 18.3. The summed E-state index contributed by atoms with van der Waals surface area (Å²) < 4.78 is 12.9. The van der Waals surface area contributed by atoms with Gasteiger partial charge in [0.25, 0.3) is 5.91 Å². The predicted molar refractivity (Wildman–Crippen MR) is 122 cm³/mol. The molecule has 9 heteroatoms. The molecular weight excluding hydrogens is 408 g/mol. The number of anilines is 1. The molecule has 1 saturated heterocycles. The van der Waals surface area contributed by atoms with Crippen LogP contribution in [0.2, 0.25) is 0 Å². The zero-order valence-corrected chi connectivity index (χ0v) is 18.6. The minimum Gasteiger partial charge on any atom is -0.490 e. The summed E-state index contributed by atoms with van der Waals surface area (Å²) in [6.45, 7) is 6.89. The maximum atomic E-state index is 11.0. The van der Waals surface area contributed by atoms with E-state index in [0.29, 0.717) is 29.8 Å². The topological polar surface area (TPSA) is 121 Å². The van der Waals surface area contributed by atoms with Gasteiger partial charge in [-0.05, 0) is 50.9 Å². The number of carbonyl (C=O) groups excluding carboxylic acids is 1. The number of nitrogens with two attached hydrogens (primary N) is 2. The van der Waals surface area contributed by atoms with Crippen molar-refractivity contribution in [3.8, 4) is 11.5 Å². The lowest BCUT2D eigenvalue weighted by Gasteiger charge is -2.32. The van der Waals surface area contributed by atoms with E-state index in [1.54, 1.807) is 4.52 Å². The smallest absolute Gasteiger partial charge is 0.255 e. The van der Waals surface area contributed by atoms with Crippen molar-refractivity contribution >= 4 is 17.4 Å². The molecule has 3 aromatic rings. The maximum absolute atomic E-state index is 11.0. The van der Waals surface area contributed by atoms with Gasteiger partial charge in [-0.25, -0.2) is 4.98 Å². The summed E-state index contributed by atoms with van der Waals surface area (Å²) in [7, 11) is 0. The summed E-state index contributed by atoms with van der Waals surface area (Å²) in [5.41, 5.74) is 15.3. The molecule has 0 unspecified atom stereocenters. The van der Waals surface area contributed by atoms with Crippen molar-refractivity contribution in [2.24, 2.45) is 5.73 Å². The van der Waals surface area contributed by atoms with Crippen molar-refractivity contribution in [2.45, 2.75) is 39.2 Å². The highest BCUT2D eigenvalue weighted by atomic mass is 16.5. The van der Waals surface area contributed by atoms with Gasteiger partial charge in [0.05, 0.1) is 18.0 Å². The predicted octanol–water partition coefficient (Wildman–Crippen LogP) is 2.26. The van der Waals surface area contributed by atoms with E-state index in [0.717, 1.165) is 55.1 Å². The molecule has 4 N–H and O–H groups in total. The number of nitrogen functional groups attached to an aromatic ring is 1. The van der Waals surface area contributed by atoms with Crippen LogP contribution in [0.3, 0.4) is 0 Å². The number of benzene rings is 1. The van der Waals surface area contributed by atoms with Crippen LogP contribution < -0.4 is 20.9 Å². The van der Waals surface area contributed by atoms with E-state index < -0.39 is 5.91 Å². The van der Waals surface area contributed by atoms with Gasteiger partial charge < -0.3 is 20.9 Å². The third kappa shape index (κ3) is 4.94. The van der Waals surface area contributed by atoms with Crippen LogP contribution in [0.5, 0.6) is 11.5 Å². The van der Waals surface area contributed by atoms with Crippen LogP contribution in [-0.4, -0.2) is 51.7 Å². The van der Waals surface area contributed by atoms with Gasteiger partial charge in [0.15, 0.2) is 23.8 Å². The molecule has 1 aromatic carbocycles. The van der Waals surface area contributed by atoms with Crippen LogP contribution in [0.4, 0.5) is 5.82 Å². The number of amides is 1. The highest BCUT2D eigenvalue weighted by molar-refractivity contribution is 5.75. The van der Waals surface area contributed by atoms with Crippen molar-refractivity contribution in [1.82, 2.24) is 19.5 Å². The van der Waals surface area contributed by atoms with Crippen molar-refractivity contribution in [1.29, 1.82) is 0 Å². The van der Waals surface area contributed by atoms with Gasteiger partial charge in [-0.2, -0.15) is 9.61 Å². The van der Waals surface area contributed by atoms with Gasteiger partial charge in [-0.3, -0.25) is 9.69 Å². The van der Waals surface area contributed by atoms with E-state index in [1.165, 1.54) is 0 Å². The Kier molecular flexibility index (Phi) is 6.45. The molecule has 4 rings (SSSR count). The summed E-state index contributed by atoms with van der Waals surface area (Å²) in [6, 6.07) is 9.71. The standard InChI is InChI=1S/C23H30N6O3/c1-3-31-20-10-16(6-7-19(20)32-14-22(25)30)12-28-8-4-5-17(13-28)18-11-21(24)29-23(26-18)9-15(2)27-29/h6-7,9-11,17H,3-5,8,12-14,24H2,1-2H3,(H2,25,30)/t17-/m0/s1. The van der Waals surface area contributed by atoms with Crippen molar-refractivity contribution in [3.63, 3.8) is 0 Å². The van der Waals surface area contributed by atoms with Crippen LogP contribution in [0.25, 0.3) is 5.65 Å². The molecule has 2 aromatic heterocycles. The summed E-state index contributed by atoms with van der Waals surface area (Å²) in [5.74, 6) is 1.55. The van der Waals surface area contributed by atoms with E-state index in [-0.39, 0.29) is 6.61 Å². The Balaban J connectivity index is 1.48. The summed E-state index contributed by atoms with van der Waals surface area (Å²) in [5, 5.41) is 4.39. The Morgan fingerprint density at radius 1 is 1.22 bits per heavy atom. The monoisotopic (exact) mass is 438 g/mol. The number of nitrogens with zero attached hydrogens (tertiary/aromatic N) is 4. The van der Waals surface area contributed by atoms with E-state index in [9.17, 15) is 4.79 Å². The average molecular weight is 439 g/mol. The number of hydrogen-bond donors (Lipinski definition) is 2. The van der Waals surface area contributed by atoms with Crippen LogP contribution in [0.1, 0.15) is 42.6 Å². The van der Waals surface area contributed by atoms with Crippen molar-refractivity contribution in [3.05, 3.63) is 47.3 Å². The molecule has 9 nitrogen and oxygen atoms in total. The van der Waals surface area contributed by atoms with Crippen LogP contribution in [0, 0.1) is 6.92 Å². The third-order valence-electron chi connectivity index (χ3n) is 5.60. The second-order valence-electron chi connectivity index (χ2n) is 8.20. The Labute approximate surface area is 187 Å². The van der Waals surface area contributed by atoms with E-state index in [4.69, 9.17) is 25.9 Å². The number of piperidine rings is 1. The molecule has 0 radical (unpaired) electrons. The molecular formula is C23H30N6O3. The Bertz CT molecular complexity index is 1110. The fraction of sp³-hybridized carbons (Fsp3) is 0.435. The third-order valence-corrected chi connectivity index (χ3v) is 5.60. The van der Waals surface area contributed by atoms with Gasteiger partial charge >= 0.3 is 0 Å². The minimum absolute atomic E-state index is 0.176. The lowest BCUT2D eigenvalue weighted by atomic mass is 9.94. The fourth-order valence-electron chi connectivity index (χ4n) is 4.23. The zero-order valence-electron chi connectivity index (χ0n) is 18.6. The number of primary amides is 1. The highest BCUT2D eigenvalue weighted by Gasteiger charge is 2.24. The van der Waals surface area contributed by atoms with Gasteiger partial charge in [0.1, 0.15) is 5.82 Å². The second kappa shape index (κ2) is 9.44. The first-order valence-corrected chi connectivity index (χ1v) is 10.9. The van der Waals surface area contributed by atoms with Crippen molar-refractivity contribution < 1.29 is 14.3 Å². The Morgan fingerprint density at radius 2 is 2.06 bits per heavy atom. The first kappa shape index (κ1) is 21.9. The summed E-state index contributed by atoms with van der Waals surface area (Å²) >= 11 is 0. The number of fused-ring (bicyclic) bond motifs is 1. The number of likely N-dealkylation sites (tertiary alicyclic amines) is 1. The molecule has 1 aliphatic rings. The second-order valence-corrected chi connectivity index (χ2v) is 8.20. The molecule has 0 bridgehead atoms. The van der Waals surface area contributed by atoms with Crippen LogP contribution in [0.15, 0.2) is 30.3 Å². The lowest BCUT2D eigenvalue weighted by Crippen LogP contribution is -2.34. The van der Waals surface area contributed by atoms with Gasteiger partial charge in [0.2, 0.25) is 0 Å². The zero-order chi connectivity index (χ0) is 22.7. The molecule has 170 valence electrons. The number of aromatic nitrogens is 3. The van der Waals surface area contributed by atoms with E-state index >= 15 is 0 Å². The largest absolute Gasteiger partial charge is 0.490 e. The molecule has 32 heavy (non-hydrogen) atoms. The van der Waals surface area contributed by atoms with E-state index in [1.807, 2.05) is 44.2 Å². The molecule has 1 fully saturated rings. The molecule has 0 saturated carbocycles. The summed E-state index contributed by atoms with van der Waals surface area (Å²) in [6.07, 6.45) is 2.17. The highest BCUT2D eigenvalue weighted by Crippen LogP contribution is 2.31. The van der Waals surface area contributed by atoms with Gasteiger partial charge in [-0.1, -0.05) is 6.07 Å². The molecule has 1 aliphatic heterocycles. The van der Waals surface area contributed by atoms with Crippen LogP contribution >= 0.6 is 0 Å². The maximum Gasteiger partial charge on any atom is 0.255 e. The number of carbonyl (C=O) groups is 1. The molecule has 1 amide bonds. The molecule has 0 aliphatic carbocycles. The average Bonchev–Trinajstić information content (AvgIpc) is 3.14. The van der Waals surface area contributed by atoms with E-state index in [2.05, 4.69) is 10.00 Å². The first-order chi connectivity index (χ1) is 15.4. The Morgan fingerprint density at radius 3 is 2.84 bits per heavy atom. The number of ether oxygens (including phenoxy) is 2. The number of aryl methyl sites for hydroxylation is 1.